The Bertz CT molecular complexity index is 1100. The predicted octanol–water partition coefficient (Wildman–Crippen LogP) is 4.06. The monoisotopic (exact) mass is 412 g/mol. The fourth-order valence-electron chi connectivity index (χ4n) is 3.99. The van der Waals surface area contributed by atoms with Crippen LogP contribution in [0.3, 0.4) is 0 Å². The number of carbonyl (C=O) groups excluding carboxylic acids is 1. The lowest BCUT2D eigenvalue weighted by Gasteiger charge is -2.16. The highest BCUT2D eigenvalue weighted by molar-refractivity contribution is 6.04. The number of amides is 1. The van der Waals surface area contributed by atoms with Crippen molar-refractivity contribution in [2.75, 3.05) is 12.4 Å². The zero-order valence-electron chi connectivity index (χ0n) is 17.6. The molecule has 1 aliphatic rings. The second kappa shape index (κ2) is 7.93. The van der Waals surface area contributed by atoms with Gasteiger partial charge in [0.2, 0.25) is 0 Å². The van der Waals surface area contributed by atoms with Gasteiger partial charge in [-0.2, -0.15) is 5.10 Å². The van der Waals surface area contributed by atoms with Gasteiger partial charge in [-0.1, -0.05) is 12.1 Å². The molecule has 1 atom stereocenters. The van der Waals surface area contributed by atoms with Crippen LogP contribution in [0.5, 0.6) is 5.75 Å². The van der Waals surface area contributed by atoms with Crippen LogP contribution < -0.4 is 10.1 Å². The minimum Gasteiger partial charge on any atom is -0.496 e. The van der Waals surface area contributed by atoms with Gasteiger partial charge in [0.15, 0.2) is 5.69 Å². The number of methoxy groups -OCH3 is 1. The lowest BCUT2D eigenvalue weighted by Crippen LogP contribution is -2.18. The van der Waals surface area contributed by atoms with Crippen LogP contribution in [-0.4, -0.2) is 28.0 Å². The number of aryl methyl sites for hydroxylation is 2. The van der Waals surface area contributed by atoms with Gasteiger partial charge in [0.1, 0.15) is 17.3 Å². The van der Waals surface area contributed by atoms with Crippen molar-refractivity contribution in [3.8, 4) is 5.75 Å². The number of hydrogen-bond acceptors (Lipinski definition) is 5. The van der Waals surface area contributed by atoms with E-state index in [1.165, 1.54) is 12.1 Å². The molecule has 1 N–H and O–H groups in total. The van der Waals surface area contributed by atoms with Gasteiger partial charge in [-0.05, 0) is 50.8 Å². The van der Waals surface area contributed by atoms with Crippen LogP contribution in [-0.2, 0) is 19.4 Å². The molecule has 7 nitrogen and oxygen atoms in total. The SMILES string of the molecule is COc1ccc(F)cc1Cn1nc(C)c(NC(=O)c2noc3c2CC(C)CC3)c1C. The topological polar surface area (TPSA) is 82.2 Å². The Morgan fingerprint density at radius 3 is 2.97 bits per heavy atom. The van der Waals surface area contributed by atoms with E-state index in [1.807, 2.05) is 13.8 Å². The average Bonchev–Trinajstić information content (AvgIpc) is 3.24. The molecule has 0 saturated carbocycles. The molecular weight excluding hydrogens is 387 g/mol. The van der Waals surface area contributed by atoms with Crippen LogP contribution in [0.2, 0.25) is 0 Å². The largest absolute Gasteiger partial charge is 0.496 e. The molecule has 2 heterocycles. The van der Waals surface area contributed by atoms with Crippen molar-refractivity contribution in [1.29, 1.82) is 0 Å². The molecule has 8 heteroatoms. The molecule has 0 fully saturated rings. The van der Waals surface area contributed by atoms with Gasteiger partial charge in [0, 0.05) is 17.5 Å². The second-order valence-corrected chi connectivity index (χ2v) is 7.89. The zero-order chi connectivity index (χ0) is 21.4. The summed E-state index contributed by atoms with van der Waals surface area (Å²) in [6, 6.07) is 4.37. The standard InChI is InChI=1S/C22H25FN4O3/c1-12-5-7-19-17(9-12)21(26-30-19)22(28)24-20-13(2)25-27(14(20)3)11-15-10-16(23)6-8-18(15)29-4/h6,8,10,12H,5,7,9,11H2,1-4H3,(H,24,28). The van der Waals surface area contributed by atoms with Crippen molar-refractivity contribution in [3.05, 3.63) is 58.0 Å². The van der Waals surface area contributed by atoms with Gasteiger partial charge in [-0.3, -0.25) is 9.48 Å². The van der Waals surface area contributed by atoms with Crippen LogP contribution in [0.15, 0.2) is 22.7 Å². The second-order valence-electron chi connectivity index (χ2n) is 7.89. The number of carbonyl (C=O) groups is 1. The quantitative estimate of drug-likeness (QED) is 0.683. The Kier molecular flexibility index (Phi) is 5.32. The van der Waals surface area contributed by atoms with Gasteiger partial charge < -0.3 is 14.6 Å². The van der Waals surface area contributed by atoms with Gasteiger partial charge >= 0.3 is 0 Å². The molecule has 0 spiro atoms. The number of ether oxygens (including phenoxy) is 1. The highest BCUT2D eigenvalue weighted by Crippen LogP contribution is 2.29. The number of nitrogens with one attached hydrogen (secondary N) is 1. The van der Waals surface area contributed by atoms with E-state index in [9.17, 15) is 9.18 Å². The van der Waals surface area contributed by atoms with Crippen LogP contribution in [0.4, 0.5) is 10.1 Å². The predicted molar refractivity (Wildman–Crippen MR) is 109 cm³/mol. The molecule has 158 valence electrons. The third kappa shape index (κ3) is 3.69. The van der Waals surface area contributed by atoms with E-state index < -0.39 is 0 Å². The van der Waals surface area contributed by atoms with Crippen LogP contribution in [0.1, 0.15) is 52.1 Å². The zero-order valence-corrected chi connectivity index (χ0v) is 17.6. The molecule has 2 aromatic heterocycles. The van der Waals surface area contributed by atoms with Gasteiger partial charge in [-0.25, -0.2) is 4.39 Å². The van der Waals surface area contributed by atoms with E-state index in [0.717, 1.165) is 36.3 Å². The first kappa shape index (κ1) is 20.1. The van der Waals surface area contributed by atoms with Gasteiger partial charge in [0.25, 0.3) is 5.91 Å². The van der Waals surface area contributed by atoms with Gasteiger partial charge in [-0.15, -0.1) is 0 Å². The molecule has 1 unspecified atom stereocenters. The number of benzene rings is 1. The number of fused-ring (bicyclic) bond motifs is 1. The maximum atomic E-state index is 13.7. The molecular formula is C22H25FN4O3. The van der Waals surface area contributed by atoms with E-state index in [1.54, 1.807) is 17.9 Å². The number of aromatic nitrogens is 3. The maximum absolute atomic E-state index is 13.7. The lowest BCUT2D eigenvalue weighted by molar-refractivity contribution is 0.101. The summed E-state index contributed by atoms with van der Waals surface area (Å²) in [5.41, 5.74) is 3.96. The molecule has 1 aliphatic carbocycles. The minimum absolute atomic E-state index is 0.303. The van der Waals surface area contributed by atoms with Crippen molar-refractivity contribution in [1.82, 2.24) is 14.9 Å². The summed E-state index contributed by atoms with van der Waals surface area (Å²) < 4.78 is 26.2. The normalized spacial score (nSPS) is 15.7. The summed E-state index contributed by atoms with van der Waals surface area (Å²) in [6.07, 6.45) is 2.64. The first-order valence-corrected chi connectivity index (χ1v) is 10.0. The minimum atomic E-state index is -0.342. The van der Waals surface area contributed by atoms with Crippen molar-refractivity contribution >= 4 is 11.6 Å². The average molecular weight is 412 g/mol. The molecule has 0 saturated heterocycles. The summed E-state index contributed by atoms with van der Waals surface area (Å²) in [6.45, 7) is 6.17. The Labute approximate surface area is 174 Å². The third-order valence-corrected chi connectivity index (χ3v) is 5.68. The smallest absolute Gasteiger partial charge is 0.278 e. The Morgan fingerprint density at radius 2 is 2.20 bits per heavy atom. The highest BCUT2D eigenvalue weighted by atomic mass is 19.1. The molecule has 30 heavy (non-hydrogen) atoms. The lowest BCUT2D eigenvalue weighted by atomic mass is 9.88. The Hall–Kier alpha value is -3.16. The van der Waals surface area contributed by atoms with E-state index in [4.69, 9.17) is 9.26 Å². The third-order valence-electron chi connectivity index (χ3n) is 5.68. The van der Waals surface area contributed by atoms with E-state index >= 15 is 0 Å². The van der Waals surface area contributed by atoms with Crippen molar-refractivity contribution in [2.45, 2.75) is 46.6 Å². The van der Waals surface area contributed by atoms with Gasteiger partial charge in [0.05, 0.1) is 30.7 Å². The van der Waals surface area contributed by atoms with Crippen molar-refractivity contribution in [2.24, 2.45) is 5.92 Å². The Morgan fingerprint density at radius 1 is 1.40 bits per heavy atom. The summed E-state index contributed by atoms with van der Waals surface area (Å²) >= 11 is 0. The summed E-state index contributed by atoms with van der Waals surface area (Å²) in [4.78, 5) is 12.9. The van der Waals surface area contributed by atoms with Crippen molar-refractivity contribution < 1.29 is 18.4 Å². The van der Waals surface area contributed by atoms with Crippen LogP contribution >= 0.6 is 0 Å². The molecule has 1 amide bonds. The maximum Gasteiger partial charge on any atom is 0.278 e. The first-order chi connectivity index (χ1) is 14.4. The molecule has 3 aromatic rings. The highest BCUT2D eigenvalue weighted by Gasteiger charge is 2.28. The van der Waals surface area contributed by atoms with E-state index in [-0.39, 0.29) is 11.7 Å². The molecule has 0 bridgehead atoms. The molecule has 0 radical (unpaired) electrons. The van der Waals surface area contributed by atoms with E-state index in [2.05, 4.69) is 22.5 Å². The molecule has 4 rings (SSSR count). The van der Waals surface area contributed by atoms with Crippen LogP contribution in [0, 0.1) is 25.6 Å². The summed E-state index contributed by atoms with van der Waals surface area (Å²) in [5, 5.41) is 11.5. The molecule has 0 aliphatic heterocycles. The van der Waals surface area contributed by atoms with Crippen LogP contribution in [0.25, 0.3) is 0 Å². The number of rotatable bonds is 5. The number of hydrogen-bond donors (Lipinski definition) is 1. The molecule has 1 aromatic carbocycles. The number of nitrogens with zero attached hydrogens (tertiary/aromatic N) is 3. The first-order valence-electron chi connectivity index (χ1n) is 10.0. The fraction of sp³-hybridized carbons (Fsp3) is 0.409. The van der Waals surface area contributed by atoms with E-state index in [0.29, 0.717) is 40.9 Å². The number of anilines is 1. The fourth-order valence-corrected chi connectivity index (χ4v) is 3.99. The summed E-state index contributed by atoms with van der Waals surface area (Å²) in [5.74, 6) is 1.24. The number of halogens is 1. The Balaban J connectivity index is 1.58. The summed E-state index contributed by atoms with van der Waals surface area (Å²) in [7, 11) is 1.54. The van der Waals surface area contributed by atoms with Crippen molar-refractivity contribution in [3.63, 3.8) is 0 Å².